The van der Waals surface area contributed by atoms with Crippen LogP contribution in [0.5, 0.6) is 5.75 Å². The van der Waals surface area contributed by atoms with E-state index in [0.717, 1.165) is 42.8 Å². The Balaban J connectivity index is 1.46. The number of amides is 2. The summed E-state index contributed by atoms with van der Waals surface area (Å²) < 4.78 is 10.4. The molecule has 1 atom stereocenters. The first-order chi connectivity index (χ1) is 16.0. The van der Waals surface area contributed by atoms with Crippen LogP contribution in [0.25, 0.3) is 0 Å². The molecule has 0 aliphatic carbocycles. The van der Waals surface area contributed by atoms with Gasteiger partial charge in [-0.15, -0.1) is 0 Å². The molecule has 0 spiro atoms. The quantitative estimate of drug-likeness (QED) is 0.534. The minimum absolute atomic E-state index is 0.0888. The predicted octanol–water partition coefficient (Wildman–Crippen LogP) is 4.42. The molecular weight excluding hydrogens is 418 g/mol. The molecule has 7 nitrogen and oxygen atoms in total. The number of rotatable bonds is 8. The van der Waals surface area contributed by atoms with Gasteiger partial charge in [0.05, 0.1) is 19.4 Å². The van der Waals surface area contributed by atoms with Gasteiger partial charge in [0, 0.05) is 17.8 Å². The lowest BCUT2D eigenvalue weighted by Gasteiger charge is -2.28. The Kier molecular flexibility index (Phi) is 7.10. The topological polar surface area (TPSA) is 83.8 Å². The molecule has 1 aliphatic heterocycles. The average Bonchev–Trinajstić information content (AvgIpc) is 3.56. The fourth-order valence-corrected chi connectivity index (χ4v) is 4.12. The molecule has 172 valence electrons. The van der Waals surface area contributed by atoms with Gasteiger partial charge in [-0.1, -0.05) is 18.2 Å². The zero-order chi connectivity index (χ0) is 23.2. The molecule has 2 aromatic carbocycles. The third-order valence-electron chi connectivity index (χ3n) is 6.03. The molecule has 0 saturated carbocycles. The average molecular weight is 448 g/mol. The van der Waals surface area contributed by atoms with E-state index in [1.54, 1.807) is 31.4 Å². The lowest BCUT2D eigenvalue weighted by atomic mass is 10.0. The zero-order valence-electron chi connectivity index (χ0n) is 19.0. The van der Waals surface area contributed by atoms with Gasteiger partial charge in [0.15, 0.2) is 5.76 Å². The highest BCUT2D eigenvalue weighted by Gasteiger charge is 2.24. The molecular formula is C26H29N3O4. The van der Waals surface area contributed by atoms with Gasteiger partial charge < -0.3 is 19.8 Å². The number of hydrogen-bond acceptors (Lipinski definition) is 5. The second-order valence-corrected chi connectivity index (χ2v) is 8.20. The van der Waals surface area contributed by atoms with Gasteiger partial charge in [0.1, 0.15) is 5.75 Å². The standard InChI is InChI=1S/C26H29N3O4/c1-18-7-8-20(16-22(18)28-26(31)24-6-5-15-33-24)25(30)27-17-23(29-13-3-4-14-29)19-9-11-21(32-2)12-10-19/h5-12,15-16,23H,3-4,13-14,17H2,1-2H3,(H,27,30)(H,28,31)/t23-/m1/s1. The van der Waals surface area contributed by atoms with Crippen LogP contribution in [0.3, 0.4) is 0 Å². The monoisotopic (exact) mass is 447 g/mol. The van der Waals surface area contributed by atoms with Gasteiger partial charge in [-0.05, 0) is 80.4 Å². The fraction of sp³-hybridized carbons (Fsp3) is 0.308. The van der Waals surface area contributed by atoms with Gasteiger partial charge in [0.25, 0.3) is 11.8 Å². The summed E-state index contributed by atoms with van der Waals surface area (Å²) in [4.78, 5) is 27.8. The van der Waals surface area contributed by atoms with E-state index in [-0.39, 0.29) is 23.6 Å². The molecule has 2 N–H and O–H groups in total. The predicted molar refractivity (Wildman–Crippen MR) is 127 cm³/mol. The van der Waals surface area contributed by atoms with Gasteiger partial charge in [-0.2, -0.15) is 0 Å². The number of ether oxygens (including phenoxy) is 1. The summed E-state index contributed by atoms with van der Waals surface area (Å²) in [6, 6.07) is 16.7. The van der Waals surface area contributed by atoms with Crippen molar-refractivity contribution in [2.24, 2.45) is 0 Å². The number of aryl methyl sites for hydroxylation is 1. The van der Waals surface area contributed by atoms with Crippen LogP contribution in [0.15, 0.2) is 65.3 Å². The second-order valence-electron chi connectivity index (χ2n) is 8.20. The van der Waals surface area contributed by atoms with Crippen molar-refractivity contribution in [3.63, 3.8) is 0 Å². The molecule has 0 bridgehead atoms. The van der Waals surface area contributed by atoms with Crippen molar-refractivity contribution in [2.75, 3.05) is 32.1 Å². The summed E-state index contributed by atoms with van der Waals surface area (Å²) in [7, 11) is 1.65. The van der Waals surface area contributed by atoms with Crippen molar-refractivity contribution in [1.82, 2.24) is 10.2 Å². The van der Waals surface area contributed by atoms with E-state index in [0.29, 0.717) is 17.8 Å². The van der Waals surface area contributed by atoms with Crippen LogP contribution in [-0.2, 0) is 0 Å². The van der Waals surface area contributed by atoms with E-state index in [2.05, 4.69) is 27.7 Å². The van der Waals surface area contributed by atoms with Crippen LogP contribution < -0.4 is 15.4 Å². The molecule has 3 aromatic rings. The van der Waals surface area contributed by atoms with E-state index in [1.807, 2.05) is 25.1 Å². The third-order valence-corrected chi connectivity index (χ3v) is 6.03. The largest absolute Gasteiger partial charge is 0.497 e. The number of nitrogens with one attached hydrogen (secondary N) is 2. The lowest BCUT2D eigenvalue weighted by Crippen LogP contribution is -2.36. The number of furan rings is 1. The van der Waals surface area contributed by atoms with Gasteiger partial charge in [-0.25, -0.2) is 0 Å². The fourth-order valence-electron chi connectivity index (χ4n) is 4.12. The number of anilines is 1. The Labute approximate surface area is 193 Å². The van der Waals surface area contributed by atoms with Crippen molar-refractivity contribution in [2.45, 2.75) is 25.8 Å². The summed E-state index contributed by atoms with van der Waals surface area (Å²) >= 11 is 0. The van der Waals surface area contributed by atoms with Crippen LogP contribution in [0.1, 0.15) is 50.9 Å². The summed E-state index contributed by atoms with van der Waals surface area (Å²) in [5.74, 6) is 0.499. The number of likely N-dealkylation sites (tertiary alicyclic amines) is 1. The molecule has 1 saturated heterocycles. The molecule has 1 fully saturated rings. The summed E-state index contributed by atoms with van der Waals surface area (Å²) in [6.07, 6.45) is 3.78. The second kappa shape index (κ2) is 10.4. The van der Waals surface area contributed by atoms with E-state index in [1.165, 1.54) is 6.26 Å². The Morgan fingerprint density at radius 2 is 1.82 bits per heavy atom. The molecule has 33 heavy (non-hydrogen) atoms. The van der Waals surface area contributed by atoms with Crippen molar-refractivity contribution in [1.29, 1.82) is 0 Å². The first-order valence-electron chi connectivity index (χ1n) is 11.2. The van der Waals surface area contributed by atoms with Gasteiger partial charge in [0.2, 0.25) is 0 Å². The van der Waals surface area contributed by atoms with Gasteiger partial charge in [-0.3, -0.25) is 14.5 Å². The van der Waals surface area contributed by atoms with Crippen LogP contribution in [0.4, 0.5) is 5.69 Å². The Hall–Kier alpha value is -3.58. The molecule has 1 aliphatic rings. The molecule has 4 rings (SSSR count). The van der Waals surface area contributed by atoms with Crippen LogP contribution >= 0.6 is 0 Å². The maximum atomic E-state index is 13.0. The van der Waals surface area contributed by atoms with Crippen molar-refractivity contribution in [3.8, 4) is 5.75 Å². The van der Waals surface area contributed by atoms with Crippen molar-refractivity contribution < 1.29 is 18.7 Å². The molecule has 0 radical (unpaired) electrons. The summed E-state index contributed by atoms with van der Waals surface area (Å²) in [5.41, 5.74) is 3.08. The summed E-state index contributed by atoms with van der Waals surface area (Å²) in [5, 5.41) is 5.91. The first-order valence-corrected chi connectivity index (χ1v) is 11.2. The van der Waals surface area contributed by atoms with Crippen molar-refractivity contribution >= 4 is 17.5 Å². The smallest absolute Gasteiger partial charge is 0.291 e. The van der Waals surface area contributed by atoms with E-state index in [9.17, 15) is 9.59 Å². The number of benzene rings is 2. The third kappa shape index (κ3) is 5.43. The minimum Gasteiger partial charge on any atom is -0.497 e. The Bertz CT molecular complexity index is 1090. The lowest BCUT2D eigenvalue weighted by molar-refractivity contribution is 0.0936. The Morgan fingerprint density at radius 3 is 2.48 bits per heavy atom. The van der Waals surface area contributed by atoms with Crippen molar-refractivity contribution in [3.05, 3.63) is 83.3 Å². The number of nitrogens with zero attached hydrogens (tertiary/aromatic N) is 1. The molecule has 7 heteroatoms. The molecule has 2 amide bonds. The van der Waals surface area contributed by atoms with Crippen LogP contribution in [0, 0.1) is 6.92 Å². The maximum absolute atomic E-state index is 13.0. The number of hydrogen-bond donors (Lipinski definition) is 2. The highest BCUT2D eigenvalue weighted by atomic mass is 16.5. The van der Waals surface area contributed by atoms with Gasteiger partial charge >= 0.3 is 0 Å². The zero-order valence-corrected chi connectivity index (χ0v) is 19.0. The molecule has 0 unspecified atom stereocenters. The first kappa shape index (κ1) is 22.6. The molecule has 2 heterocycles. The normalized spacial score (nSPS) is 14.6. The van der Waals surface area contributed by atoms with E-state index >= 15 is 0 Å². The highest BCUT2D eigenvalue weighted by Crippen LogP contribution is 2.26. The number of methoxy groups -OCH3 is 1. The van der Waals surface area contributed by atoms with E-state index < -0.39 is 0 Å². The Morgan fingerprint density at radius 1 is 1.06 bits per heavy atom. The summed E-state index contributed by atoms with van der Waals surface area (Å²) in [6.45, 7) is 4.40. The van der Waals surface area contributed by atoms with Crippen LogP contribution in [0.2, 0.25) is 0 Å². The molecule has 1 aromatic heterocycles. The number of carbonyl (C=O) groups is 2. The highest BCUT2D eigenvalue weighted by molar-refractivity contribution is 6.03. The number of carbonyl (C=O) groups excluding carboxylic acids is 2. The maximum Gasteiger partial charge on any atom is 0.291 e. The minimum atomic E-state index is -0.353. The SMILES string of the molecule is COc1ccc([C@@H](CNC(=O)c2ccc(C)c(NC(=O)c3ccco3)c2)N2CCCC2)cc1. The van der Waals surface area contributed by atoms with Crippen LogP contribution in [-0.4, -0.2) is 43.5 Å². The van der Waals surface area contributed by atoms with E-state index in [4.69, 9.17) is 9.15 Å².